The number of rotatable bonds is 5. The molecule has 2 aliphatic rings. The SMILES string of the molecule is CCOc1ccc2c(c1)C(c1cc(N3CCN(CC)CC3)ncn1)=NC2. The van der Waals surface area contributed by atoms with Crippen molar-refractivity contribution in [1.82, 2.24) is 14.9 Å². The smallest absolute Gasteiger partial charge is 0.132 e. The number of nitrogens with zero attached hydrogens (tertiary/aromatic N) is 5. The molecule has 0 bridgehead atoms. The topological polar surface area (TPSA) is 53.9 Å². The van der Waals surface area contributed by atoms with Gasteiger partial charge in [-0.05, 0) is 31.2 Å². The van der Waals surface area contributed by atoms with Crippen LogP contribution in [0.1, 0.15) is 30.7 Å². The highest BCUT2D eigenvalue weighted by atomic mass is 16.5. The lowest BCUT2D eigenvalue weighted by atomic mass is 10.0. The minimum Gasteiger partial charge on any atom is -0.494 e. The van der Waals surface area contributed by atoms with E-state index in [2.05, 4.69) is 44.9 Å². The molecule has 6 heteroatoms. The molecule has 0 amide bonds. The Morgan fingerprint density at radius 2 is 1.88 bits per heavy atom. The third-order valence-corrected chi connectivity index (χ3v) is 5.09. The van der Waals surface area contributed by atoms with Crippen LogP contribution in [-0.2, 0) is 6.54 Å². The Morgan fingerprint density at radius 1 is 1.04 bits per heavy atom. The molecule has 0 unspecified atom stereocenters. The Labute approximate surface area is 154 Å². The number of anilines is 1. The Bertz CT molecular complexity index is 812. The van der Waals surface area contributed by atoms with E-state index in [1.165, 1.54) is 5.56 Å². The molecule has 0 radical (unpaired) electrons. The van der Waals surface area contributed by atoms with Crippen molar-refractivity contribution in [3.05, 3.63) is 47.4 Å². The first-order valence-corrected chi connectivity index (χ1v) is 9.38. The molecule has 0 atom stereocenters. The van der Waals surface area contributed by atoms with Crippen LogP contribution in [0.25, 0.3) is 0 Å². The Morgan fingerprint density at radius 3 is 2.65 bits per heavy atom. The van der Waals surface area contributed by atoms with Gasteiger partial charge in [0.05, 0.1) is 24.6 Å². The van der Waals surface area contributed by atoms with Crippen LogP contribution >= 0.6 is 0 Å². The fourth-order valence-electron chi connectivity index (χ4n) is 3.58. The minimum atomic E-state index is 0.659. The number of hydrogen-bond donors (Lipinski definition) is 0. The summed E-state index contributed by atoms with van der Waals surface area (Å²) in [6.45, 7) is 10.8. The van der Waals surface area contributed by atoms with Gasteiger partial charge >= 0.3 is 0 Å². The van der Waals surface area contributed by atoms with Crippen molar-refractivity contribution in [2.24, 2.45) is 4.99 Å². The number of fused-ring (bicyclic) bond motifs is 1. The highest BCUT2D eigenvalue weighted by Gasteiger charge is 2.22. The molecule has 0 saturated carbocycles. The fraction of sp³-hybridized carbons (Fsp3) is 0.450. The fourth-order valence-corrected chi connectivity index (χ4v) is 3.58. The molecule has 1 saturated heterocycles. The summed E-state index contributed by atoms with van der Waals surface area (Å²) in [7, 11) is 0. The highest BCUT2D eigenvalue weighted by Crippen LogP contribution is 2.27. The normalized spacial score (nSPS) is 17.2. The average molecular weight is 351 g/mol. The number of benzene rings is 1. The van der Waals surface area contributed by atoms with Crippen molar-refractivity contribution in [3.8, 4) is 5.75 Å². The lowest BCUT2D eigenvalue weighted by Crippen LogP contribution is -2.46. The Hall–Kier alpha value is -2.47. The van der Waals surface area contributed by atoms with Gasteiger partial charge in [-0.15, -0.1) is 0 Å². The van der Waals surface area contributed by atoms with E-state index >= 15 is 0 Å². The maximum absolute atomic E-state index is 5.65. The van der Waals surface area contributed by atoms with E-state index in [9.17, 15) is 0 Å². The molecule has 0 N–H and O–H groups in total. The first-order valence-electron chi connectivity index (χ1n) is 9.38. The van der Waals surface area contributed by atoms with E-state index < -0.39 is 0 Å². The summed E-state index contributed by atoms with van der Waals surface area (Å²) in [5.41, 5.74) is 4.18. The van der Waals surface area contributed by atoms with Crippen LogP contribution in [0.3, 0.4) is 0 Å². The van der Waals surface area contributed by atoms with E-state index in [0.29, 0.717) is 13.2 Å². The minimum absolute atomic E-state index is 0.659. The van der Waals surface area contributed by atoms with Crippen molar-refractivity contribution in [2.45, 2.75) is 20.4 Å². The van der Waals surface area contributed by atoms with Crippen molar-refractivity contribution >= 4 is 11.5 Å². The van der Waals surface area contributed by atoms with E-state index in [-0.39, 0.29) is 0 Å². The summed E-state index contributed by atoms with van der Waals surface area (Å²) in [5, 5.41) is 0. The molecule has 6 nitrogen and oxygen atoms in total. The van der Waals surface area contributed by atoms with Crippen molar-refractivity contribution in [2.75, 3.05) is 44.2 Å². The number of aliphatic imine (C=N–C) groups is 1. The number of ether oxygens (including phenoxy) is 1. The van der Waals surface area contributed by atoms with Crippen molar-refractivity contribution < 1.29 is 4.74 Å². The van der Waals surface area contributed by atoms with Crippen molar-refractivity contribution in [1.29, 1.82) is 0 Å². The summed E-state index contributed by atoms with van der Waals surface area (Å²) in [6.07, 6.45) is 1.66. The number of aromatic nitrogens is 2. The lowest BCUT2D eigenvalue weighted by molar-refractivity contribution is 0.270. The summed E-state index contributed by atoms with van der Waals surface area (Å²) >= 11 is 0. The van der Waals surface area contributed by atoms with Crippen LogP contribution in [0.4, 0.5) is 5.82 Å². The zero-order valence-electron chi connectivity index (χ0n) is 15.5. The van der Waals surface area contributed by atoms with E-state index in [1.807, 2.05) is 13.0 Å². The number of piperazine rings is 1. The molecule has 0 spiro atoms. The zero-order chi connectivity index (χ0) is 17.9. The first kappa shape index (κ1) is 17.0. The van der Waals surface area contributed by atoms with Crippen LogP contribution in [0.5, 0.6) is 5.75 Å². The maximum Gasteiger partial charge on any atom is 0.132 e. The Kier molecular flexibility index (Phi) is 4.84. The standard InChI is InChI=1S/C20H25N5O/c1-3-24-7-9-25(10-8-24)19-12-18(22-14-23-19)20-17-11-16(26-4-2)6-5-15(17)13-21-20/h5-6,11-12,14H,3-4,7-10,13H2,1-2H3. The van der Waals surface area contributed by atoms with Crippen LogP contribution in [0.2, 0.25) is 0 Å². The summed E-state index contributed by atoms with van der Waals surface area (Å²) in [5.74, 6) is 1.87. The molecule has 1 aromatic heterocycles. The van der Waals surface area contributed by atoms with Gasteiger partial charge in [0.25, 0.3) is 0 Å². The highest BCUT2D eigenvalue weighted by molar-refractivity contribution is 6.14. The van der Waals surface area contributed by atoms with Gasteiger partial charge in [-0.2, -0.15) is 0 Å². The summed E-state index contributed by atoms with van der Waals surface area (Å²) in [4.78, 5) is 18.5. The predicted molar refractivity (Wildman–Crippen MR) is 103 cm³/mol. The van der Waals surface area contributed by atoms with E-state index in [0.717, 1.165) is 61.3 Å². The molecule has 1 aromatic carbocycles. The number of hydrogen-bond acceptors (Lipinski definition) is 6. The van der Waals surface area contributed by atoms with Gasteiger partial charge in [-0.1, -0.05) is 13.0 Å². The van der Waals surface area contributed by atoms with Crippen LogP contribution in [0, 0.1) is 0 Å². The third kappa shape index (κ3) is 3.29. The quantitative estimate of drug-likeness (QED) is 0.828. The monoisotopic (exact) mass is 351 g/mol. The second kappa shape index (κ2) is 7.41. The first-order chi connectivity index (χ1) is 12.8. The molecule has 0 aliphatic carbocycles. The van der Waals surface area contributed by atoms with Crippen molar-refractivity contribution in [3.63, 3.8) is 0 Å². The molecule has 26 heavy (non-hydrogen) atoms. The molecule has 2 aliphatic heterocycles. The van der Waals surface area contributed by atoms with Crippen LogP contribution in [-0.4, -0.2) is 59.9 Å². The van der Waals surface area contributed by atoms with Crippen LogP contribution < -0.4 is 9.64 Å². The Balaban J connectivity index is 1.58. The summed E-state index contributed by atoms with van der Waals surface area (Å²) in [6, 6.07) is 8.26. The second-order valence-electron chi connectivity index (χ2n) is 6.60. The zero-order valence-corrected chi connectivity index (χ0v) is 15.5. The second-order valence-corrected chi connectivity index (χ2v) is 6.60. The van der Waals surface area contributed by atoms with Gasteiger partial charge in [0, 0.05) is 37.8 Å². The third-order valence-electron chi connectivity index (χ3n) is 5.09. The number of likely N-dealkylation sites (N-methyl/N-ethyl adjacent to an activating group) is 1. The molecule has 136 valence electrons. The molecule has 2 aromatic rings. The predicted octanol–water partition coefficient (Wildman–Crippen LogP) is 2.37. The van der Waals surface area contributed by atoms with Gasteiger partial charge in [-0.25, -0.2) is 9.97 Å². The molecule has 4 rings (SSSR count). The molecular weight excluding hydrogens is 326 g/mol. The van der Waals surface area contributed by atoms with Gasteiger partial charge in [0.1, 0.15) is 17.9 Å². The van der Waals surface area contributed by atoms with Gasteiger partial charge in [0.15, 0.2) is 0 Å². The van der Waals surface area contributed by atoms with Crippen LogP contribution in [0.15, 0.2) is 35.6 Å². The van der Waals surface area contributed by atoms with Gasteiger partial charge < -0.3 is 14.5 Å². The van der Waals surface area contributed by atoms with E-state index in [4.69, 9.17) is 9.73 Å². The molecular formula is C20H25N5O. The summed E-state index contributed by atoms with van der Waals surface area (Å²) < 4.78 is 5.65. The molecule has 3 heterocycles. The van der Waals surface area contributed by atoms with Gasteiger partial charge in [-0.3, -0.25) is 4.99 Å². The largest absolute Gasteiger partial charge is 0.494 e. The lowest BCUT2D eigenvalue weighted by Gasteiger charge is -2.34. The van der Waals surface area contributed by atoms with Gasteiger partial charge in [0.2, 0.25) is 0 Å². The molecule has 1 fully saturated rings. The van der Waals surface area contributed by atoms with E-state index in [1.54, 1.807) is 6.33 Å². The maximum atomic E-state index is 5.65. The average Bonchev–Trinajstić information content (AvgIpc) is 3.12.